The molecule has 0 N–H and O–H groups in total. The van der Waals surface area contributed by atoms with Gasteiger partial charge in [0.2, 0.25) is 0 Å². The molecule has 1 aromatic carbocycles. The summed E-state index contributed by atoms with van der Waals surface area (Å²) in [6, 6.07) is 11.2. The summed E-state index contributed by atoms with van der Waals surface area (Å²) in [5.74, 6) is 0.793. The van der Waals surface area contributed by atoms with Gasteiger partial charge in [-0.2, -0.15) is 0 Å². The highest BCUT2D eigenvalue weighted by Gasteiger charge is 2.03. The highest BCUT2D eigenvalue weighted by atomic mass is 35.5. The van der Waals surface area contributed by atoms with Gasteiger partial charge in [-0.05, 0) is 35.4 Å². The van der Waals surface area contributed by atoms with Crippen molar-refractivity contribution in [3.63, 3.8) is 0 Å². The average Bonchev–Trinajstić information content (AvgIpc) is 2.28. The first-order valence-corrected chi connectivity index (χ1v) is 5.42. The molecule has 4 heteroatoms. The van der Waals surface area contributed by atoms with E-state index in [1.165, 1.54) is 0 Å². The number of benzene rings is 1. The summed E-state index contributed by atoms with van der Waals surface area (Å²) in [5, 5.41) is 0.760. The van der Waals surface area contributed by atoms with Crippen LogP contribution < -0.4 is 4.74 Å². The Morgan fingerprint density at radius 3 is 2.31 bits per heavy atom. The van der Waals surface area contributed by atoms with Gasteiger partial charge in [0.25, 0.3) is 0 Å². The summed E-state index contributed by atoms with van der Waals surface area (Å²) in [4.78, 5) is 3.90. The Kier molecular flexibility index (Phi) is 3.32. The van der Waals surface area contributed by atoms with Crippen LogP contribution >= 0.6 is 23.2 Å². The van der Waals surface area contributed by atoms with Gasteiger partial charge in [0.1, 0.15) is 16.1 Å². The second-order valence-corrected chi connectivity index (χ2v) is 4.01. The van der Waals surface area contributed by atoms with Crippen molar-refractivity contribution < 1.29 is 4.74 Å². The first-order chi connectivity index (χ1) is 7.69. The molecule has 2 nitrogen and oxygen atoms in total. The third-order valence-corrected chi connectivity index (χ3v) is 2.55. The zero-order valence-electron chi connectivity index (χ0n) is 8.58. The van der Waals surface area contributed by atoms with Crippen molar-refractivity contribution in [1.82, 2.24) is 4.98 Å². The molecule has 0 saturated carbocycles. The van der Waals surface area contributed by atoms with Crippen molar-refractivity contribution in [1.29, 1.82) is 0 Å². The average molecular weight is 254 g/mol. The Bertz CT molecular complexity index is 494. The highest BCUT2D eigenvalue weighted by molar-refractivity contribution is 6.32. The molecule has 0 aliphatic heterocycles. The van der Waals surface area contributed by atoms with Gasteiger partial charge in [-0.15, -0.1) is 0 Å². The van der Waals surface area contributed by atoms with Gasteiger partial charge in [0, 0.05) is 0 Å². The molecule has 1 heterocycles. The van der Waals surface area contributed by atoms with Gasteiger partial charge in [0.15, 0.2) is 0 Å². The quantitative estimate of drug-likeness (QED) is 0.754. The summed E-state index contributed by atoms with van der Waals surface area (Å²) in [6.45, 7) is 0. The topological polar surface area (TPSA) is 22.1 Å². The Labute approximate surface area is 104 Å². The van der Waals surface area contributed by atoms with Gasteiger partial charge in [-0.3, -0.25) is 0 Å². The van der Waals surface area contributed by atoms with Gasteiger partial charge >= 0.3 is 0 Å². The van der Waals surface area contributed by atoms with E-state index >= 15 is 0 Å². The minimum absolute atomic E-state index is 0.380. The summed E-state index contributed by atoms with van der Waals surface area (Å²) in [6.07, 6.45) is 0. The number of methoxy groups -OCH3 is 1. The largest absolute Gasteiger partial charge is 0.497 e. The van der Waals surface area contributed by atoms with E-state index in [1.54, 1.807) is 19.2 Å². The number of pyridine rings is 1. The lowest BCUT2D eigenvalue weighted by Crippen LogP contribution is -1.85. The summed E-state index contributed by atoms with van der Waals surface area (Å²) < 4.78 is 5.16. The second-order valence-electron chi connectivity index (χ2n) is 3.23. The number of ether oxygens (including phenoxy) is 1. The lowest BCUT2D eigenvalue weighted by Gasteiger charge is -2.05. The predicted molar refractivity (Wildman–Crippen MR) is 66.2 cm³/mol. The van der Waals surface area contributed by atoms with E-state index in [2.05, 4.69) is 4.98 Å². The maximum atomic E-state index is 5.85. The number of hydrogen-bond acceptors (Lipinski definition) is 2. The van der Waals surface area contributed by atoms with Crippen molar-refractivity contribution >= 4 is 23.2 Å². The fourth-order valence-electron chi connectivity index (χ4n) is 1.43. The van der Waals surface area contributed by atoms with Gasteiger partial charge < -0.3 is 4.74 Å². The van der Waals surface area contributed by atoms with E-state index in [-0.39, 0.29) is 0 Å². The molecule has 16 heavy (non-hydrogen) atoms. The van der Waals surface area contributed by atoms with Crippen LogP contribution in [0.25, 0.3) is 11.1 Å². The van der Waals surface area contributed by atoms with Crippen LogP contribution in [0.3, 0.4) is 0 Å². The van der Waals surface area contributed by atoms with Crippen LogP contribution in [0, 0.1) is 0 Å². The van der Waals surface area contributed by atoms with Crippen molar-refractivity contribution in [2.45, 2.75) is 0 Å². The van der Waals surface area contributed by atoms with Crippen LogP contribution in [0.4, 0.5) is 0 Å². The lowest BCUT2D eigenvalue weighted by molar-refractivity contribution is 0.415. The number of aromatic nitrogens is 1. The summed E-state index contributed by atoms with van der Waals surface area (Å²) in [5.41, 5.74) is 1.91. The first kappa shape index (κ1) is 11.2. The first-order valence-electron chi connectivity index (χ1n) is 4.66. The molecule has 0 amide bonds. The van der Waals surface area contributed by atoms with Crippen LogP contribution in [-0.2, 0) is 0 Å². The fourth-order valence-corrected chi connectivity index (χ4v) is 1.89. The Hall–Kier alpha value is -1.25. The lowest BCUT2D eigenvalue weighted by atomic mass is 10.1. The zero-order chi connectivity index (χ0) is 11.5. The smallest absolute Gasteiger partial charge is 0.131 e. The summed E-state index contributed by atoms with van der Waals surface area (Å²) >= 11 is 11.7. The Balaban J connectivity index is 2.49. The van der Waals surface area contributed by atoms with Gasteiger partial charge in [-0.1, -0.05) is 35.3 Å². The zero-order valence-corrected chi connectivity index (χ0v) is 10.1. The van der Waals surface area contributed by atoms with Gasteiger partial charge in [0.05, 0.1) is 7.11 Å². The molecule has 0 unspecified atom stereocenters. The van der Waals surface area contributed by atoms with Crippen molar-refractivity contribution in [3.05, 3.63) is 46.7 Å². The van der Waals surface area contributed by atoms with E-state index in [0.717, 1.165) is 16.9 Å². The standard InChI is InChI=1S/C12H9Cl2NO/c1-16-10-4-2-3-8(5-10)9-6-11(13)15-12(14)7-9/h2-7H,1H3. The summed E-state index contributed by atoms with van der Waals surface area (Å²) in [7, 11) is 1.63. The molecule has 1 aromatic heterocycles. The van der Waals surface area contributed by atoms with Crippen LogP contribution in [0.2, 0.25) is 10.3 Å². The number of nitrogens with zero attached hydrogens (tertiary/aromatic N) is 1. The minimum atomic E-state index is 0.380. The second kappa shape index (κ2) is 4.73. The number of hydrogen-bond donors (Lipinski definition) is 0. The Morgan fingerprint density at radius 2 is 1.69 bits per heavy atom. The van der Waals surface area contributed by atoms with Crippen molar-refractivity contribution in [2.24, 2.45) is 0 Å². The van der Waals surface area contributed by atoms with E-state index < -0.39 is 0 Å². The van der Waals surface area contributed by atoms with E-state index in [4.69, 9.17) is 27.9 Å². The molecule has 82 valence electrons. The van der Waals surface area contributed by atoms with Crippen molar-refractivity contribution in [2.75, 3.05) is 7.11 Å². The van der Waals surface area contributed by atoms with Crippen LogP contribution in [-0.4, -0.2) is 12.1 Å². The highest BCUT2D eigenvalue weighted by Crippen LogP contribution is 2.27. The Morgan fingerprint density at radius 1 is 1.00 bits per heavy atom. The predicted octanol–water partition coefficient (Wildman–Crippen LogP) is 4.06. The van der Waals surface area contributed by atoms with Crippen LogP contribution in [0.5, 0.6) is 5.75 Å². The fraction of sp³-hybridized carbons (Fsp3) is 0.0833. The maximum Gasteiger partial charge on any atom is 0.131 e. The molecule has 2 aromatic rings. The minimum Gasteiger partial charge on any atom is -0.497 e. The third-order valence-electron chi connectivity index (χ3n) is 2.17. The SMILES string of the molecule is COc1cccc(-c2cc(Cl)nc(Cl)c2)c1. The molecule has 0 spiro atoms. The molecule has 0 fully saturated rings. The van der Waals surface area contributed by atoms with Gasteiger partial charge in [-0.25, -0.2) is 4.98 Å². The molecule has 2 rings (SSSR count). The molecule has 0 bridgehead atoms. The molecule has 0 atom stereocenters. The monoisotopic (exact) mass is 253 g/mol. The molecular formula is C12H9Cl2NO. The third kappa shape index (κ3) is 2.46. The maximum absolute atomic E-state index is 5.85. The number of rotatable bonds is 2. The number of halogens is 2. The van der Waals surface area contributed by atoms with Crippen molar-refractivity contribution in [3.8, 4) is 16.9 Å². The molecule has 0 radical (unpaired) electrons. The van der Waals surface area contributed by atoms with E-state index in [0.29, 0.717) is 10.3 Å². The van der Waals surface area contributed by atoms with E-state index in [9.17, 15) is 0 Å². The molecule has 0 saturated heterocycles. The van der Waals surface area contributed by atoms with Crippen LogP contribution in [0.15, 0.2) is 36.4 Å². The normalized spacial score (nSPS) is 10.2. The molecule has 0 aliphatic carbocycles. The van der Waals surface area contributed by atoms with E-state index in [1.807, 2.05) is 24.3 Å². The van der Waals surface area contributed by atoms with Crippen LogP contribution in [0.1, 0.15) is 0 Å². The molecule has 0 aliphatic rings. The molecular weight excluding hydrogens is 245 g/mol.